The standard InChI is InChI=1S/C19H19NO8/c21-14-15(22)17(27-18(24)16(14)23)19(25)28-20(26)11-5-6-13-10(8-11)7-9-3-1-2-4-12(9)13/h1-6,8,14-18,21-24,26H,7H2/t14-,15-,16+,17-,18?/m0/s1. The van der Waals surface area contributed by atoms with Crippen LogP contribution in [-0.2, 0) is 20.8 Å². The van der Waals surface area contributed by atoms with Gasteiger partial charge >= 0.3 is 5.97 Å². The summed E-state index contributed by atoms with van der Waals surface area (Å²) in [4.78, 5) is 17.0. The van der Waals surface area contributed by atoms with E-state index in [1.54, 1.807) is 18.2 Å². The quantitative estimate of drug-likeness (QED) is 0.382. The van der Waals surface area contributed by atoms with Gasteiger partial charge in [0, 0.05) is 0 Å². The third kappa shape index (κ3) is 3.14. The number of ether oxygens (including phenoxy) is 1. The topological polar surface area (TPSA) is 140 Å². The number of fused-ring (bicyclic) bond motifs is 3. The van der Waals surface area contributed by atoms with Gasteiger partial charge in [-0.05, 0) is 40.8 Å². The van der Waals surface area contributed by atoms with Gasteiger partial charge in [-0.3, -0.25) is 5.21 Å². The largest absolute Gasteiger partial charge is 0.387 e. The Labute approximate surface area is 159 Å². The Balaban J connectivity index is 1.48. The molecule has 9 nitrogen and oxygen atoms in total. The van der Waals surface area contributed by atoms with Crippen LogP contribution >= 0.6 is 0 Å². The van der Waals surface area contributed by atoms with Gasteiger partial charge in [-0.15, -0.1) is 0 Å². The highest BCUT2D eigenvalue weighted by molar-refractivity contribution is 5.79. The zero-order chi connectivity index (χ0) is 20.0. The molecule has 2 aromatic carbocycles. The Bertz CT molecular complexity index is 903. The van der Waals surface area contributed by atoms with E-state index in [9.17, 15) is 30.4 Å². The molecule has 2 aromatic rings. The minimum atomic E-state index is -1.89. The molecule has 0 radical (unpaired) electrons. The molecule has 0 saturated carbocycles. The van der Waals surface area contributed by atoms with E-state index in [4.69, 9.17) is 9.57 Å². The van der Waals surface area contributed by atoms with E-state index in [-0.39, 0.29) is 10.9 Å². The Morgan fingerprint density at radius 3 is 2.46 bits per heavy atom. The van der Waals surface area contributed by atoms with Crippen LogP contribution in [0.15, 0.2) is 42.5 Å². The van der Waals surface area contributed by atoms with Gasteiger partial charge in [0.25, 0.3) is 0 Å². The molecule has 1 heterocycles. The second kappa shape index (κ2) is 7.13. The molecule has 2 aliphatic rings. The third-order valence-electron chi connectivity index (χ3n) is 5.00. The number of carbonyl (C=O) groups is 1. The summed E-state index contributed by atoms with van der Waals surface area (Å²) in [6.45, 7) is 0. The maximum atomic E-state index is 12.2. The van der Waals surface area contributed by atoms with Crippen LogP contribution in [0.5, 0.6) is 0 Å². The second-order valence-electron chi connectivity index (χ2n) is 6.78. The van der Waals surface area contributed by atoms with Crippen LogP contribution in [0.4, 0.5) is 5.69 Å². The predicted molar refractivity (Wildman–Crippen MR) is 93.9 cm³/mol. The first-order valence-electron chi connectivity index (χ1n) is 8.66. The van der Waals surface area contributed by atoms with Crippen LogP contribution in [-0.4, -0.2) is 62.3 Å². The SMILES string of the molecule is O=C(ON(O)c1ccc2c(c1)Cc1ccccc1-2)[C@H]1OC(O)[C@H](O)[C@@H](O)[C@@H]1O. The van der Waals surface area contributed by atoms with Crippen LogP contribution in [0.3, 0.4) is 0 Å². The van der Waals surface area contributed by atoms with Gasteiger partial charge in [0.1, 0.15) is 24.0 Å². The molecule has 1 aliphatic carbocycles. The van der Waals surface area contributed by atoms with Crippen molar-refractivity contribution >= 4 is 11.7 Å². The number of anilines is 1. The van der Waals surface area contributed by atoms with Crippen molar-refractivity contribution in [3.8, 4) is 11.1 Å². The highest BCUT2D eigenvalue weighted by Crippen LogP contribution is 2.38. The van der Waals surface area contributed by atoms with Gasteiger partial charge in [-0.25, -0.2) is 4.79 Å². The summed E-state index contributed by atoms with van der Waals surface area (Å²) in [6, 6.07) is 12.9. The number of aliphatic hydroxyl groups is 4. The average molecular weight is 389 g/mol. The van der Waals surface area contributed by atoms with Gasteiger partial charge in [0.15, 0.2) is 12.4 Å². The van der Waals surface area contributed by atoms with Gasteiger partial charge in [0.05, 0.1) is 0 Å². The van der Waals surface area contributed by atoms with Crippen molar-refractivity contribution in [1.82, 2.24) is 0 Å². The maximum Gasteiger partial charge on any atom is 0.366 e. The molecule has 148 valence electrons. The molecule has 0 aromatic heterocycles. The number of rotatable bonds is 3. The molecule has 28 heavy (non-hydrogen) atoms. The summed E-state index contributed by atoms with van der Waals surface area (Å²) in [5.41, 5.74) is 4.38. The van der Waals surface area contributed by atoms with Crippen LogP contribution in [0.1, 0.15) is 11.1 Å². The Morgan fingerprint density at radius 1 is 0.964 bits per heavy atom. The van der Waals surface area contributed by atoms with Crippen molar-refractivity contribution in [3.63, 3.8) is 0 Å². The van der Waals surface area contributed by atoms with E-state index in [0.29, 0.717) is 6.42 Å². The van der Waals surface area contributed by atoms with Gasteiger partial charge < -0.3 is 30.0 Å². The van der Waals surface area contributed by atoms with Crippen LogP contribution in [0, 0.1) is 0 Å². The van der Waals surface area contributed by atoms with E-state index >= 15 is 0 Å². The first-order valence-corrected chi connectivity index (χ1v) is 8.66. The minimum Gasteiger partial charge on any atom is -0.387 e. The van der Waals surface area contributed by atoms with Crippen LogP contribution in [0.2, 0.25) is 0 Å². The molecule has 1 aliphatic heterocycles. The van der Waals surface area contributed by atoms with Crippen molar-refractivity contribution in [2.24, 2.45) is 0 Å². The summed E-state index contributed by atoms with van der Waals surface area (Å²) in [6.07, 6.45) is -8.44. The first-order chi connectivity index (χ1) is 13.4. The third-order valence-corrected chi connectivity index (χ3v) is 5.00. The van der Waals surface area contributed by atoms with Crippen molar-refractivity contribution in [2.75, 3.05) is 5.23 Å². The normalized spacial score (nSPS) is 28.4. The van der Waals surface area contributed by atoms with Crippen molar-refractivity contribution < 1.29 is 40.0 Å². The van der Waals surface area contributed by atoms with Crippen LogP contribution < -0.4 is 5.23 Å². The van der Waals surface area contributed by atoms with Crippen molar-refractivity contribution in [1.29, 1.82) is 0 Å². The first kappa shape index (κ1) is 18.8. The summed E-state index contributed by atoms with van der Waals surface area (Å²) in [7, 11) is 0. The number of nitrogens with zero attached hydrogens (tertiary/aromatic N) is 1. The second-order valence-corrected chi connectivity index (χ2v) is 6.78. The van der Waals surface area contributed by atoms with E-state index in [1.807, 2.05) is 24.3 Å². The zero-order valence-electron chi connectivity index (χ0n) is 14.5. The molecule has 0 spiro atoms. The number of benzene rings is 2. The molecule has 1 saturated heterocycles. The highest BCUT2D eigenvalue weighted by Gasteiger charge is 2.47. The summed E-state index contributed by atoms with van der Waals surface area (Å²) >= 11 is 0. The molecule has 4 rings (SSSR count). The fraction of sp³-hybridized carbons (Fsp3) is 0.316. The number of hydrogen-bond acceptors (Lipinski definition) is 9. The van der Waals surface area contributed by atoms with E-state index in [2.05, 4.69) is 0 Å². The summed E-state index contributed by atoms with van der Waals surface area (Å²) in [5.74, 6) is -1.25. The van der Waals surface area contributed by atoms with E-state index in [0.717, 1.165) is 22.3 Å². The van der Waals surface area contributed by atoms with Crippen molar-refractivity contribution in [2.45, 2.75) is 37.1 Å². The minimum absolute atomic E-state index is 0.173. The lowest BCUT2D eigenvalue weighted by Crippen LogP contribution is -2.60. The maximum absolute atomic E-state index is 12.2. The lowest BCUT2D eigenvalue weighted by molar-refractivity contribution is -0.283. The Morgan fingerprint density at radius 2 is 1.68 bits per heavy atom. The lowest BCUT2D eigenvalue weighted by atomic mass is 9.99. The molecule has 0 bridgehead atoms. The molecule has 5 N–H and O–H groups in total. The number of carbonyl (C=O) groups excluding carboxylic acids is 1. The van der Waals surface area contributed by atoms with E-state index in [1.165, 1.54) is 0 Å². The fourth-order valence-corrected chi connectivity index (χ4v) is 3.50. The monoisotopic (exact) mass is 389 g/mol. The Hall–Kier alpha value is -2.53. The zero-order valence-corrected chi connectivity index (χ0v) is 14.5. The molecular formula is C19H19NO8. The summed E-state index contributed by atoms with van der Waals surface area (Å²) in [5, 5.41) is 48.8. The van der Waals surface area contributed by atoms with Gasteiger partial charge in [-0.1, -0.05) is 35.6 Å². The highest BCUT2D eigenvalue weighted by atomic mass is 16.9. The molecular weight excluding hydrogens is 370 g/mol. The predicted octanol–water partition coefficient (Wildman–Crippen LogP) is -0.289. The van der Waals surface area contributed by atoms with Crippen LogP contribution in [0.25, 0.3) is 11.1 Å². The summed E-state index contributed by atoms with van der Waals surface area (Å²) < 4.78 is 4.78. The molecule has 0 amide bonds. The molecule has 1 fully saturated rings. The lowest BCUT2D eigenvalue weighted by Gasteiger charge is -2.37. The number of hydrogen-bond donors (Lipinski definition) is 5. The average Bonchev–Trinajstić information content (AvgIpc) is 3.06. The Kier molecular flexibility index (Phi) is 4.79. The van der Waals surface area contributed by atoms with E-state index < -0.39 is 36.7 Å². The van der Waals surface area contributed by atoms with Gasteiger partial charge in [0.2, 0.25) is 0 Å². The van der Waals surface area contributed by atoms with Crippen molar-refractivity contribution in [3.05, 3.63) is 53.6 Å². The number of aliphatic hydroxyl groups excluding tert-OH is 4. The fourth-order valence-electron chi connectivity index (χ4n) is 3.50. The van der Waals surface area contributed by atoms with Gasteiger partial charge in [-0.2, -0.15) is 0 Å². The molecule has 9 heteroatoms. The smallest absolute Gasteiger partial charge is 0.366 e. The molecule has 5 atom stereocenters. The molecule has 1 unspecified atom stereocenters.